The molecule has 0 bridgehead atoms. The molecule has 0 atom stereocenters. The first kappa shape index (κ1) is 11.1. The van der Waals surface area contributed by atoms with Gasteiger partial charge in [-0.05, 0) is 22.6 Å². The van der Waals surface area contributed by atoms with Crippen LogP contribution in [0.4, 0.5) is 18.9 Å². The molecule has 0 aromatic carbocycles. The van der Waals surface area contributed by atoms with Gasteiger partial charge >= 0.3 is 6.36 Å². The van der Waals surface area contributed by atoms with Gasteiger partial charge in [0.15, 0.2) is 0 Å². The molecule has 0 fully saturated rings. The second-order valence-corrected chi connectivity index (χ2v) is 3.38. The van der Waals surface area contributed by atoms with E-state index < -0.39 is 18.0 Å². The summed E-state index contributed by atoms with van der Waals surface area (Å²) in [6, 6.07) is 0. The molecule has 1 aromatic heterocycles. The molecule has 0 radical (unpaired) electrons. The second kappa shape index (κ2) is 3.67. The summed E-state index contributed by atoms with van der Waals surface area (Å²) in [7, 11) is 0. The zero-order chi connectivity index (χ0) is 10.9. The Hall–Kier alpha value is -0.930. The average Bonchev–Trinajstić information content (AvgIpc) is 2.04. The van der Waals surface area contributed by atoms with E-state index in [1.165, 1.54) is 0 Å². The van der Waals surface area contributed by atoms with Gasteiger partial charge in [0, 0.05) is 6.20 Å². The average molecular weight is 320 g/mol. The van der Waals surface area contributed by atoms with E-state index in [1.54, 1.807) is 22.6 Å². The Morgan fingerprint density at radius 1 is 1.50 bits per heavy atom. The van der Waals surface area contributed by atoms with Crippen molar-refractivity contribution in [2.45, 2.75) is 6.36 Å². The minimum atomic E-state index is -4.90. The van der Waals surface area contributed by atoms with Crippen LogP contribution >= 0.6 is 22.6 Å². The molecule has 0 aliphatic heterocycles. The zero-order valence-electron chi connectivity index (χ0n) is 6.47. The quantitative estimate of drug-likeness (QED) is 0.775. The maximum absolute atomic E-state index is 11.7. The highest BCUT2D eigenvalue weighted by molar-refractivity contribution is 14.1. The smallest absolute Gasteiger partial charge is 0.502 e. The molecule has 4 nitrogen and oxygen atoms in total. The fourth-order valence-electron chi connectivity index (χ4n) is 0.659. The first-order valence-corrected chi connectivity index (χ1v) is 4.28. The molecule has 78 valence electrons. The van der Waals surface area contributed by atoms with Crippen LogP contribution in [-0.2, 0) is 0 Å². The van der Waals surface area contributed by atoms with Crippen LogP contribution in [0.3, 0.4) is 0 Å². The number of halogens is 4. The summed E-state index contributed by atoms with van der Waals surface area (Å²) in [4.78, 5) is 3.24. The number of nitrogens with two attached hydrogens (primary N) is 1. The Morgan fingerprint density at radius 3 is 2.57 bits per heavy atom. The number of anilines is 1. The van der Waals surface area contributed by atoms with E-state index in [4.69, 9.17) is 10.8 Å². The van der Waals surface area contributed by atoms with E-state index in [0.717, 1.165) is 6.20 Å². The Bertz CT molecular complexity index is 356. The molecular formula is C6H4F3IN2O2. The highest BCUT2D eigenvalue weighted by Gasteiger charge is 2.33. The highest BCUT2D eigenvalue weighted by atomic mass is 127. The number of nitrogen functional groups attached to an aromatic ring is 1. The van der Waals surface area contributed by atoms with Crippen LogP contribution in [0.2, 0.25) is 0 Å². The zero-order valence-corrected chi connectivity index (χ0v) is 8.63. The molecule has 0 saturated heterocycles. The Balaban J connectivity index is 3.06. The predicted molar refractivity (Wildman–Crippen MR) is 49.7 cm³/mol. The summed E-state index contributed by atoms with van der Waals surface area (Å²) in [5.41, 5.74) is 5.06. The van der Waals surface area contributed by atoms with Crippen LogP contribution in [-0.4, -0.2) is 16.5 Å². The van der Waals surface area contributed by atoms with Gasteiger partial charge in [0.25, 0.3) is 5.88 Å². The van der Waals surface area contributed by atoms with Crippen molar-refractivity contribution >= 4 is 28.3 Å². The van der Waals surface area contributed by atoms with Crippen molar-refractivity contribution in [1.29, 1.82) is 0 Å². The lowest BCUT2D eigenvalue weighted by molar-refractivity contribution is -0.276. The van der Waals surface area contributed by atoms with Gasteiger partial charge in [0.05, 0.1) is 9.26 Å². The molecule has 1 rings (SSSR count). The second-order valence-electron chi connectivity index (χ2n) is 2.22. The SMILES string of the molecule is Nc1c(I)cnc(OC(F)(F)F)c1O. The van der Waals surface area contributed by atoms with Crippen molar-refractivity contribution in [1.82, 2.24) is 4.98 Å². The van der Waals surface area contributed by atoms with Crippen molar-refractivity contribution < 1.29 is 23.0 Å². The van der Waals surface area contributed by atoms with Gasteiger partial charge in [0.1, 0.15) is 0 Å². The molecule has 0 aliphatic rings. The molecule has 0 unspecified atom stereocenters. The number of alkyl halides is 3. The molecule has 0 saturated carbocycles. The topological polar surface area (TPSA) is 68.4 Å². The third-order valence-electron chi connectivity index (χ3n) is 1.22. The number of aromatic nitrogens is 1. The fraction of sp³-hybridized carbons (Fsp3) is 0.167. The maximum atomic E-state index is 11.7. The monoisotopic (exact) mass is 320 g/mol. The summed E-state index contributed by atoms with van der Waals surface area (Å²) in [6.07, 6.45) is -3.83. The van der Waals surface area contributed by atoms with Gasteiger partial charge in [-0.15, -0.1) is 13.2 Å². The summed E-state index contributed by atoms with van der Waals surface area (Å²) in [6.45, 7) is 0. The summed E-state index contributed by atoms with van der Waals surface area (Å²) in [5, 5.41) is 9.12. The number of hydrogen-bond acceptors (Lipinski definition) is 4. The minimum Gasteiger partial charge on any atom is -0.502 e. The van der Waals surface area contributed by atoms with Crippen molar-refractivity contribution in [3.05, 3.63) is 9.77 Å². The predicted octanol–water partition coefficient (Wildman–Crippen LogP) is 1.87. The van der Waals surface area contributed by atoms with E-state index >= 15 is 0 Å². The molecule has 0 aliphatic carbocycles. The van der Waals surface area contributed by atoms with Gasteiger partial charge in [-0.2, -0.15) is 0 Å². The Kier molecular flexibility index (Phi) is 2.92. The lowest BCUT2D eigenvalue weighted by Gasteiger charge is -2.10. The lowest BCUT2D eigenvalue weighted by atomic mass is 10.4. The van der Waals surface area contributed by atoms with E-state index in [2.05, 4.69) is 9.72 Å². The summed E-state index contributed by atoms with van der Waals surface area (Å²) < 4.78 is 39.0. The highest BCUT2D eigenvalue weighted by Crippen LogP contribution is 2.35. The molecule has 8 heteroatoms. The standard InChI is InChI=1S/C6H4F3IN2O2/c7-6(8,9)14-5-4(13)3(11)2(10)1-12-5/h1,13H,(H2,11,12). The first-order chi connectivity index (χ1) is 6.31. The van der Waals surface area contributed by atoms with Crippen molar-refractivity contribution in [3.8, 4) is 11.6 Å². The molecule has 3 N–H and O–H groups in total. The van der Waals surface area contributed by atoms with Crippen LogP contribution in [0.25, 0.3) is 0 Å². The Morgan fingerprint density at radius 2 is 2.07 bits per heavy atom. The molecule has 14 heavy (non-hydrogen) atoms. The molecule has 0 amide bonds. The summed E-state index contributed by atoms with van der Waals surface area (Å²) >= 11 is 1.72. The van der Waals surface area contributed by atoms with Gasteiger partial charge in [-0.1, -0.05) is 0 Å². The number of aromatic hydroxyl groups is 1. The van der Waals surface area contributed by atoms with E-state index in [9.17, 15) is 13.2 Å². The fourth-order valence-corrected chi connectivity index (χ4v) is 1.05. The third kappa shape index (κ3) is 2.53. The van der Waals surface area contributed by atoms with Gasteiger partial charge in [0.2, 0.25) is 5.75 Å². The maximum Gasteiger partial charge on any atom is 0.574 e. The van der Waals surface area contributed by atoms with Crippen molar-refractivity contribution in [2.24, 2.45) is 0 Å². The van der Waals surface area contributed by atoms with Crippen LogP contribution < -0.4 is 10.5 Å². The van der Waals surface area contributed by atoms with E-state index in [1.807, 2.05) is 0 Å². The first-order valence-electron chi connectivity index (χ1n) is 3.20. The lowest BCUT2D eigenvalue weighted by Crippen LogP contribution is -2.18. The van der Waals surface area contributed by atoms with Gasteiger partial charge < -0.3 is 15.6 Å². The van der Waals surface area contributed by atoms with Crippen LogP contribution in [0.5, 0.6) is 11.6 Å². The Labute approximate surface area is 90.0 Å². The third-order valence-corrected chi connectivity index (χ3v) is 2.08. The van der Waals surface area contributed by atoms with Crippen LogP contribution in [0.1, 0.15) is 0 Å². The van der Waals surface area contributed by atoms with Crippen LogP contribution in [0.15, 0.2) is 6.20 Å². The number of ether oxygens (including phenoxy) is 1. The number of nitrogens with zero attached hydrogens (tertiary/aromatic N) is 1. The largest absolute Gasteiger partial charge is 0.574 e. The molecular weight excluding hydrogens is 316 g/mol. The van der Waals surface area contributed by atoms with Crippen LogP contribution in [0, 0.1) is 3.57 Å². The molecule has 0 spiro atoms. The minimum absolute atomic E-state index is 0.195. The van der Waals surface area contributed by atoms with Crippen molar-refractivity contribution in [3.63, 3.8) is 0 Å². The normalized spacial score (nSPS) is 11.4. The molecule has 1 heterocycles. The van der Waals surface area contributed by atoms with E-state index in [0.29, 0.717) is 3.57 Å². The van der Waals surface area contributed by atoms with Crippen molar-refractivity contribution in [2.75, 3.05) is 5.73 Å². The number of rotatable bonds is 1. The summed E-state index contributed by atoms with van der Waals surface area (Å²) in [5.74, 6) is -1.76. The van der Waals surface area contributed by atoms with Gasteiger partial charge in [-0.3, -0.25) is 0 Å². The number of hydrogen-bond donors (Lipinski definition) is 2. The number of pyridine rings is 1. The molecule has 1 aromatic rings. The van der Waals surface area contributed by atoms with Gasteiger partial charge in [-0.25, -0.2) is 4.98 Å². The van der Waals surface area contributed by atoms with E-state index in [-0.39, 0.29) is 5.69 Å².